The molecule has 0 heterocycles. The Morgan fingerprint density at radius 1 is 1.14 bits per heavy atom. The standard InChI is InChI=1S/C17H33N3O/c1-13-7-9-15(10-8-13)19-17(21)12-20(2)16-6-4-3-5-14(16)11-18/h13-16H,3-12,18H2,1-2H3,(H,19,21). The van der Waals surface area contributed by atoms with Crippen molar-refractivity contribution in [2.75, 3.05) is 20.1 Å². The summed E-state index contributed by atoms with van der Waals surface area (Å²) in [6.45, 7) is 3.58. The summed E-state index contributed by atoms with van der Waals surface area (Å²) < 4.78 is 0. The molecular formula is C17H33N3O. The molecule has 2 saturated carbocycles. The fourth-order valence-electron chi connectivity index (χ4n) is 4.06. The maximum absolute atomic E-state index is 12.3. The third kappa shape index (κ3) is 4.96. The summed E-state index contributed by atoms with van der Waals surface area (Å²) in [6, 6.07) is 0.889. The largest absolute Gasteiger partial charge is 0.352 e. The molecule has 4 heteroatoms. The summed E-state index contributed by atoms with van der Waals surface area (Å²) in [6.07, 6.45) is 9.75. The fraction of sp³-hybridized carbons (Fsp3) is 0.941. The summed E-state index contributed by atoms with van der Waals surface area (Å²) in [7, 11) is 2.08. The van der Waals surface area contributed by atoms with Gasteiger partial charge in [0, 0.05) is 12.1 Å². The zero-order valence-electron chi connectivity index (χ0n) is 13.8. The van der Waals surface area contributed by atoms with E-state index in [0.717, 1.165) is 25.3 Å². The number of nitrogens with two attached hydrogens (primary N) is 1. The average Bonchev–Trinajstić information content (AvgIpc) is 2.49. The number of hydrogen-bond acceptors (Lipinski definition) is 3. The van der Waals surface area contributed by atoms with E-state index in [1.54, 1.807) is 0 Å². The molecule has 0 aliphatic heterocycles. The molecule has 2 aliphatic carbocycles. The maximum atomic E-state index is 12.3. The van der Waals surface area contributed by atoms with Gasteiger partial charge in [0.1, 0.15) is 0 Å². The van der Waals surface area contributed by atoms with Crippen LogP contribution < -0.4 is 11.1 Å². The molecule has 2 atom stereocenters. The molecular weight excluding hydrogens is 262 g/mol. The van der Waals surface area contributed by atoms with Gasteiger partial charge in [0.15, 0.2) is 0 Å². The molecule has 0 saturated heterocycles. The Morgan fingerprint density at radius 2 is 1.81 bits per heavy atom. The van der Waals surface area contributed by atoms with Crippen LogP contribution in [0.2, 0.25) is 0 Å². The van der Waals surface area contributed by atoms with Crippen LogP contribution in [0.25, 0.3) is 0 Å². The van der Waals surface area contributed by atoms with Gasteiger partial charge in [-0.2, -0.15) is 0 Å². The normalized spacial score (nSPS) is 33.9. The summed E-state index contributed by atoms with van der Waals surface area (Å²) in [4.78, 5) is 14.5. The van der Waals surface area contributed by atoms with Crippen molar-refractivity contribution in [3.63, 3.8) is 0 Å². The molecule has 0 aromatic carbocycles. The van der Waals surface area contributed by atoms with Crippen LogP contribution >= 0.6 is 0 Å². The highest BCUT2D eigenvalue weighted by Gasteiger charge is 2.28. The Bertz CT molecular complexity index is 326. The van der Waals surface area contributed by atoms with E-state index in [0.29, 0.717) is 24.5 Å². The lowest BCUT2D eigenvalue weighted by Gasteiger charge is -2.37. The van der Waals surface area contributed by atoms with E-state index >= 15 is 0 Å². The van der Waals surface area contributed by atoms with Crippen molar-refractivity contribution in [3.8, 4) is 0 Å². The number of carbonyl (C=O) groups is 1. The van der Waals surface area contributed by atoms with Gasteiger partial charge in [-0.15, -0.1) is 0 Å². The first-order chi connectivity index (χ1) is 10.1. The Hall–Kier alpha value is -0.610. The lowest BCUT2D eigenvalue weighted by atomic mass is 9.83. The van der Waals surface area contributed by atoms with Crippen LogP contribution in [0.5, 0.6) is 0 Å². The third-order valence-corrected chi connectivity index (χ3v) is 5.51. The first-order valence-corrected chi connectivity index (χ1v) is 8.79. The third-order valence-electron chi connectivity index (χ3n) is 5.51. The van der Waals surface area contributed by atoms with E-state index in [9.17, 15) is 4.79 Å². The molecule has 0 aromatic rings. The zero-order chi connectivity index (χ0) is 15.2. The minimum atomic E-state index is 0.193. The highest BCUT2D eigenvalue weighted by molar-refractivity contribution is 5.78. The molecule has 3 N–H and O–H groups in total. The van der Waals surface area contributed by atoms with Gasteiger partial charge in [0.2, 0.25) is 5.91 Å². The van der Waals surface area contributed by atoms with E-state index in [1.165, 1.54) is 38.5 Å². The highest BCUT2D eigenvalue weighted by atomic mass is 16.2. The molecule has 0 radical (unpaired) electrons. The smallest absolute Gasteiger partial charge is 0.234 e. The van der Waals surface area contributed by atoms with Gasteiger partial charge < -0.3 is 11.1 Å². The van der Waals surface area contributed by atoms with Gasteiger partial charge in [-0.3, -0.25) is 9.69 Å². The molecule has 2 unspecified atom stereocenters. The second-order valence-corrected chi connectivity index (χ2v) is 7.29. The number of likely N-dealkylation sites (N-methyl/N-ethyl adjacent to an activating group) is 1. The van der Waals surface area contributed by atoms with Gasteiger partial charge in [-0.25, -0.2) is 0 Å². The average molecular weight is 295 g/mol. The second-order valence-electron chi connectivity index (χ2n) is 7.29. The van der Waals surface area contributed by atoms with E-state index in [-0.39, 0.29) is 5.91 Å². The van der Waals surface area contributed by atoms with Gasteiger partial charge in [-0.1, -0.05) is 19.8 Å². The molecule has 0 aromatic heterocycles. The highest BCUT2D eigenvalue weighted by Crippen LogP contribution is 2.27. The first-order valence-electron chi connectivity index (χ1n) is 8.79. The van der Waals surface area contributed by atoms with Crippen LogP contribution in [0.3, 0.4) is 0 Å². The van der Waals surface area contributed by atoms with Crippen LogP contribution in [-0.2, 0) is 4.79 Å². The van der Waals surface area contributed by atoms with Crippen molar-refractivity contribution in [3.05, 3.63) is 0 Å². The SMILES string of the molecule is CC1CCC(NC(=O)CN(C)C2CCCCC2CN)CC1. The van der Waals surface area contributed by atoms with Crippen molar-refractivity contribution in [2.45, 2.75) is 70.4 Å². The summed E-state index contributed by atoms with van der Waals surface area (Å²) in [5.74, 6) is 1.58. The van der Waals surface area contributed by atoms with Crippen LogP contribution in [0.1, 0.15) is 58.3 Å². The van der Waals surface area contributed by atoms with Crippen LogP contribution in [0.4, 0.5) is 0 Å². The van der Waals surface area contributed by atoms with E-state index in [4.69, 9.17) is 5.73 Å². The Kier molecular flexibility index (Phi) is 6.49. The summed E-state index contributed by atoms with van der Waals surface area (Å²) in [5, 5.41) is 3.23. The van der Waals surface area contributed by atoms with Crippen LogP contribution in [0, 0.1) is 11.8 Å². The van der Waals surface area contributed by atoms with Crippen molar-refractivity contribution >= 4 is 5.91 Å². The van der Waals surface area contributed by atoms with Crippen LogP contribution in [0.15, 0.2) is 0 Å². The minimum absolute atomic E-state index is 0.193. The van der Waals surface area contributed by atoms with Crippen LogP contribution in [-0.4, -0.2) is 43.0 Å². The van der Waals surface area contributed by atoms with Gasteiger partial charge in [0.05, 0.1) is 6.54 Å². The van der Waals surface area contributed by atoms with E-state index in [1.807, 2.05) is 0 Å². The van der Waals surface area contributed by atoms with Gasteiger partial charge in [0.25, 0.3) is 0 Å². The number of nitrogens with zero attached hydrogens (tertiary/aromatic N) is 1. The molecule has 2 rings (SSSR count). The zero-order valence-corrected chi connectivity index (χ0v) is 13.8. The lowest BCUT2D eigenvalue weighted by Crippen LogP contribution is -2.48. The fourth-order valence-corrected chi connectivity index (χ4v) is 4.06. The summed E-state index contributed by atoms with van der Waals surface area (Å²) in [5.41, 5.74) is 5.90. The molecule has 122 valence electrons. The lowest BCUT2D eigenvalue weighted by molar-refractivity contribution is -0.123. The number of nitrogens with one attached hydrogen (secondary N) is 1. The summed E-state index contributed by atoms with van der Waals surface area (Å²) >= 11 is 0. The number of rotatable bonds is 5. The number of hydrogen-bond donors (Lipinski definition) is 2. The van der Waals surface area contributed by atoms with Crippen molar-refractivity contribution in [1.29, 1.82) is 0 Å². The second kappa shape index (κ2) is 8.14. The topological polar surface area (TPSA) is 58.4 Å². The Morgan fingerprint density at radius 3 is 2.48 bits per heavy atom. The molecule has 1 amide bonds. The molecule has 2 aliphatic rings. The number of carbonyl (C=O) groups excluding carboxylic acids is 1. The Balaban J connectivity index is 1.76. The molecule has 21 heavy (non-hydrogen) atoms. The minimum Gasteiger partial charge on any atom is -0.352 e. The molecule has 4 nitrogen and oxygen atoms in total. The molecule has 0 bridgehead atoms. The monoisotopic (exact) mass is 295 g/mol. The predicted molar refractivity (Wildman–Crippen MR) is 87.0 cm³/mol. The maximum Gasteiger partial charge on any atom is 0.234 e. The first kappa shape index (κ1) is 16.8. The predicted octanol–water partition coefficient (Wildman–Crippen LogP) is 2.13. The van der Waals surface area contributed by atoms with Crippen molar-refractivity contribution in [1.82, 2.24) is 10.2 Å². The molecule has 0 spiro atoms. The quantitative estimate of drug-likeness (QED) is 0.817. The van der Waals surface area contributed by atoms with Crippen molar-refractivity contribution in [2.24, 2.45) is 17.6 Å². The Labute approximate surface area is 129 Å². The van der Waals surface area contributed by atoms with Gasteiger partial charge in [-0.05, 0) is 64.0 Å². The van der Waals surface area contributed by atoms with E-state index < -0.39 is 0 Å². The van der Waals surface area contributed by atoms with Gasteiger partial charge >= 0.3 is 0 Å². The van der Waals surface area contributed by atoms with E-state index in [2.05, 4.69) is 24.2 Å². The molecule has 2 fully saturated rings. The van der Waals surface area contributed by atoms with Crippen molar-refractivity contribution < 1.29 is 4.79 Å². The number of amides is 1.